The van der Waals surface area contributed by atoms with Gasteiger partial charge in [0.15, 0.2) is 0 Å². The van der Waals surface area contributed by atoms with Gasteiger partial charge in [-0.2, -0.15) is 18.2 Å². The Bertz CT molecular complexity index is 644. The molecular weight excluding hydrogens is 337 g/mol. The van der Waals surface area contributed by atoms with Crippen molar-refractivity contribution in [2.45, 2.75) is 13.1 Å². The van der Waals surface area contributed by atoms with Gasteiger partial charge in [0.05, 0.1) is 5.56 Å². The summed E-state index contributed by atoms with van der Waals surface area (Å²) in [4.78, 5) is 3.75. The van der Waals surface area contributed by atoms with Crippen LogP contribution in [0.2, 0.25) is 0 Å². The van der Waals surface area contributed by atoms with E-state index < -0.39 is 11.7 Å². The molecule has 0 bridgehead atoms. The highest BCUT2D eigenvalue weighted by Crippen LogP contribution is 2.34. The molecule has 0 spiro atoms. The lowest BCUT2D eigenvalue weighted by molar-refractivity contribution is -0.137. The van der Waals surface area contributed by atoms with Crippen LogP contribution in [0.25, 0.3) is 0 Å². The minimum absolute atomic E-state index is 0.196. The van der Waals surface area contributed by atoms with Crippen LogP contribution in [-0.4, -0.2) is 4.98 Å². The Kier molecular flexibility index (Phi) is 3.89. The van der Waals surface area contributed by atoms with E-state index in [4.69, 9.17) is 10.5 Å². The Labute approximate surface area is 121 Å². The van der Waals surface area contributed by atoms with E-state index >= 15 is 0 Å². The first-order valence-electron chi connectivity index (χ1n) is 5.54. The second kappa shape index (κ2) is 5.32. The first-order chi connectivity index (χ1) is 9.25. The van der Waals surface area contributed by atoms with Crippen LogP contribution in [0, 0.1) is 6.92 Å². The number of nitrogens with zero attached hydrogens (tertiary/aromatic N) is 1. The van der Waals surface area contributed by atoms with E-state index in [-0.39, 0.29) is 11.7 Å². The Morgan fingerprint density at radius 3 is 2.55 bits per heavy atom. The summed E-state index contributed by atoms with van der Waals surface area (Å²) in [6.07, 6.45) is -4.50. The summed E-state index contributed by atoms with van der Waals surface area (Å²) >= 11 is 3.27. The molecule has 0 amide bonds. The Hall–Kier alpha value is -1.76. The quantitative estimate of drug-likeness (QED) is 0.867. The molecule has 2 rings (SSSR count). The van der Waals surface area contributed by atoms with Gasteiger partial charge in [0, 0.05) is 10.5 Å². The normalized spacial score (nSPS) is 11.4. The molecule has 1 aromatic carbocycles. The molecule has 0 unspecified atom stereocenters. The van der Waals surface area contributed by atoms with Crippen molar-refractivity contribution in [2.75, 3.05) is 5.73 Å². The molecule has 0 aliphatic rings. The van der Waals surface area contributed by atoms with Crippen LogP contribution in [0.4, 0.5) is 19.0 Å². The van der Waals surface area contributed by atoms with Gasteiger partial charge in [0.25, 0.3) is 0 Å². The first kappa shape index (κ1) is 14.6. The third-order valence-electron chi connectivity index (χ3n) is 2.51. The van der Waals surface area contributed by atoms with Crippen LogP contribution < -0.4 is 10.5 Å². The van der Waals surface area contributed by atoms with E-state index in [1.807, 2.05) is 0 Å². The molecule has 0 saturated heterocycles. The number of aromatic nitrogens is 1. The molecule has 0 saturated carbocycles. The number of anilines is 1. The number of aryl methyl sites for hydroxylation is 1. The predicted molar refractivity (Wildman–Crippen MR) is 72.6 cm³/mol. The molecular formula is C13H10BrF3N2O. The maximum absolute atomic E-state index is 12.7. The van der Waals surface area contributed by atoms with E-state index in [9.17, 15) is 13.2 Å². The van der Waals surface area contributed by atoms with Crippen molar-refractivity contribution >= 4 is 21.7 Å². The number of nitrogens with two attached hydrogens (primary N) is 1. The third-order valence-corrected chi connectivity index (χ3v) is 3.01. The van der Waals surface area contributed by atoms with Gasteiger partial charge in [0.1, 0.15) is 11.6 Å². The number of nitrogen functional groups attached to an aromatic ring is 1. The van der Waals surface area contributed by atoms with Crippen LogP contribution in [0.3, 0.4) is 0 Å². The van der Waals surface area contributed by atoms with Crippen molar-refractivity contribution < 1.29 is 17.9 Å². The Morgan fingerprint density at radius 1 is 1.20 bits per heavy atom. The summed E-state index contributed by atoms with van der Waals surface area (Å²) < 4.78 is 44.2. The van der Waals surface area contributed by atoms with Gasteiger partial charge in [-0.3, -0.25) is 0 Å². The van der Waals surface area contributed by atoms with Crippen molar-refractivity contribution in [2.24, 2.45) is 0 Å². The summed E-state index contributed by atoms with van der Waals surface area (Å²) in [6, 6.07) is 6.80. The van der Waals surface area contributed by atoms with Gasteiger partial charge in [0.2, 0.25) is 5.88 Å². The second-order valence-corrected chi connectivity index (χ2v) is 5.04. The topological polar surface area (TPSA) is 48.1 Å². The fourth-order valence-electron chi connectivity index (χ4n) is 1.54. The number of halogens is 4. The van der Waals surface area contributed by atoms with Crippen LogP contribution in [0.5, 0.6) is 11.6 Å². The highest BCUT2D eigenvalue weighted by atomic mass is 79.9. The zero-order valence-corrected chi connectivity index (χ0v) is 11.9. The molecule has 1 aromatic heterocycles. The van der Waals surface area contributed by atoms with Gasteiger partial charge < -0.3 is 10.5 Å². The van der Waals surface area contributed by atoms with Crippen molar-refractivity contribution in [1.29, 1.82) is 0 Å². The van der Waals surface area contributed by atoms with E-state index in [0.29, 0.717) is 5.75 Å². The van der Waals surface area contributed by atoms with Gasteiger partial charge in [-0.1, -0.05) is 22.0 Å². The zero-order chi connectivity index (χ0) is 14.9. The summed E-state index contributed by atoms with van der Waals surface area (Å²) in [7, 11) is 0. The van der Waals surface area contributed by atoms with Gasteiger partial charge >= 0.3 is 6.18 Å². The number of ether oxygens (including phenoxy) is 1. The minimum atomic E-state index is -4.50. The number of hydrogen-bond donors (Lipinski definition) is 1. The van der Waals surface area contributed by atoms with E-state index in [2.05, 4.69) is 20.9 Å². The molecule has 0 fully saturated rings. The minimum Gasteiger partial charge on any atom is -0.439 e. The fraction of sp³-hybridized carbons (Fsp3) is 0.154. The van der Waals surface area contributed by atoms with Gasteiger partial charge in [-0.15, -0.1) is 0 Å². The zero-order valence-electron chi connectivity index (χ0n) is 10.3. The summed E-state index contributed by atoms with van der Waals surface area (Å²) in [5.74, 6) is -0.0356. The van der Waals surface area contributed by atoms with Crippen LogP contribution >= 0.6 is 15.9 Å². The number of alkyl halides is 3. The number of hydrogen-bond acceptors (Lipinski definition) is 3. The van der Waals surface area contributed by atoms with Crippen LogP contribution in [0.15, 0.2) is 34.8 Å². The molecule has 106 valence electrons. The smallest absolute Gasteiger partial charge is 0.416 e. The predicted octanol–water partition coefficient (Wildman–Crippen LogP) is 4.55. The third kappa shape index (κ3) is 3.41. The highest BCUT2D eigenvalue weighted by molar-refractivity contribution is 9.10. The van der Waals surface area contributed by atoms with Crippen molar-refractivity contribution in [3.05, 3.63) is 45.9 Å². The van der Waals surface area contributed by atoms with Crippen molar-refractivity contribution in [3.63, 3.8) is 0 Å². The fourth-order valence-corrected chi connectivity index (χ4v) is 1.88. The number of benzene rings is 1. The first-order valence-corrected chi connectivity index (χ1v) is 6.34. The monoisotopic (exact) mass is 346 g/mol. The molecule has 0 aliphatic heterocycles. The standard InChI is InChI=1S/C13H10BrF3N2O/c1-7-2-3-9(14)6-10(7)20-12-5-8(13(15,16)17)4-11(18)19-12/h2-6H,1H3,(H2,18,19). The maximum atomic E-state index is 12.7. The lowest BCUT2D eigenvalue weighted by atomic mass is 10.2. The average Bonchev–Trinajstić information content (AvgIpc) is 2.32. The highest BCUT2D eigenvalue weighted by Gasteiger charge is 2.31. The number of rotatable bonds is 2. The molecule has 7 heteroatoms. The van der Waals surface area contributed by atoms with E-state index in [1.54, 1.807) is 25.1 Å². The second-order valence-electron chi connectivity index (χ2n) is 4.13. The number of pyridine rings is 1. The Balaban J connectivity index is 2.39. The Morgan fingerprint density at radius 2 is 1.90 bits per heavy atom. The summed E-state index contributed by atoms with van der Waals surface area (Å²) in [5.41, 5.74) is 5.25. The average molecular weight is 347 g/mol. The lowest BCUT2D eigenvalue weighted by Gasteiger charge is -2.12. The largest absolute Gasteiger partial charge is 0.439 e. The van der Waals surface area contributed by atoms with Gasteiger partial charge in [-0.25, -0.2) is 0 Å². The molecule has 0 radical (unpaired) electrons. The van der Waals surface area contributed by atoms with Crippen molar-refractivity contribution in [3.8, 4) is 11.6 Å². The molecule has 0 atom stereocenters. The molecule has 0 aliphatic carbocycles. The SMILES string of the molecule is Cc1ccc(Br)cc1Oc1cc(C(F)(F)F)cc(N)n1. The molecule has 1 heterocycles. The van der Waals surface area contributed by atoms with Crippen LogP contribution in [0.1, 0.15) is 11.1 Å². The van der Waals surface area contributed by atoms with Crippen LogP contribution in [-0.2, 0) is 6.18 Å². The molecule has 2 N–H and O–H groups in total. The van der Waals surface area contributed by atoms with Gasteiger partial charge in [-0.05, 0) is 30.7 Å². The maximum Gasteiger partial charge on any atom is 0.416 e. The van der Waals surface area contributed by atoms with E-state index in [1.165, 1.54) is 0 Å². The molecule has 2 aromatic rings. The lowest BCUT2D eigenvalue weighted by Crippen LogP contribution is -2.07. The summed E-state index contributed by atoms with van der Waals surface area (Å²) in [5, 5.41) is 0. The van der Waals surface area contributed by atoms with Crippen molar-refractivity contribution in [1.82, 2.24) is 4.98 Å². The van der Waals surface area contributed by atoms with E-state index in [0.717, 1.165) is 22.2 Å². The molecule has 20 heavy (non-hydrogen) atoms. The summed E-state index contributed by atoms with van der Waals surface area (Å²) in [6.45, 7) is 1.78. The molecule has 3 nitrogen and oxygen atoms in total.